The van der Waals surface area contributed by atoms with Crippen molar-refractivity contribution in [2.45, 2.75) is 63.9 Å². The van der Waals surface area contributed by atoms with E-state index in [1.54, 1.807) is 0 Å². The molecular weight excluding hydrogens is 190 g/mol. The molecule has 2 saturated heterocycles. The minimum atomic E-state index is 0.429. The Kier molecular flexibility index (Phi) is 4.00. The van der Waals surface area contributed by atoms with E-state index >= 15 is 0 Å². The van der Waals surface area contributed by atoms with Crippen molar-refractivity contribution in [3.05, 3.63) is 0 Å². The highest BCUT2D eigenvalue weighted by molar-refractivity contribution is 4.76. The molecule has 15 heavy (non-hydrogen) atoms. The van der Waals surface area contributed by atoms with Crippen molar-refractivity contribution in [1.29, 1.82) is 0 Å². The molecule has 2 rings (SSSR count). The average Bonchev–Trinajstić information content (AvgIpc) is 2.76. The summed E-state index contributed by atoms with van der Waals surface area (Å²) in [7, 11) is 0. The van der Waals surface area contributed by atoms with Gasteiger partial charge in [-0.25, -0.2) is 0 Å². The lowest BCUT2D eigenvalue weighted by Gasteiger charge is -2.15. The molecule has 0 aromatic carbocycles. The van der Waals surface area contributed by atoms with Crippen molar-refractivity contribution in [2.75, 3.05) is 13.1 Å². The molecule has 0 aliphatic carbocycles. The first-order valence-electron chi connectivity index (χ1n) is 6.25. The van der Waals surface area contributed by atoms with Crippen LogP contribution < -0.4 is 5.32 Å². The van der Waals surface area contributed by atoms with Gasteiger partial charge >= 0.3 is 0 Å². The molecule has 4 unspecified atom stereocenters. The third-order valence-corrected chi connectivity index (χ3v) is 3.38. The smallest absolute Gasteiger partial charge is 0.0704 e. The van der Waals surface area contributed by atoms with Crippen LogP contribution in [0.25, 0.3) is 0 Å². The summed E-state index contributed by atoms with van der Waals surface area (Å²) in [6.07, 6.45) is 6.61. The molecule has 0 saturated carbocycles. The topological polar surface area (TPSA) is 30.5 Å². The van der Waals surface area contributed by atoms with Crippen molar-refractivity contribution < 1.29 is 9.47 Å². The van der Waals surface area contributed by atoms with Crippen LogP contribution in [0, 0.1) is 0 Å². The monoisotopic (exact) mass is 213 g/mol. The minimum absolute atomic E-state index is 0.429. The first-order chi connectivity index (χ1) is 7.24. The van der Waals surface area contributed by atoms with Gasteiger partial charge in [0.05, 0.1) is 24.4 Å². The lowest BCUT2D eigenvalue weighted by atomic mass is 10.2. The third-order valence-electron chi connectivity index (χ3n) is 3.38. The van der Waals surface area contributed by atoms with Gasteiger partial charge in [0, 0.05) is 13.1 Å². The maximum Gasteiger partial charge on any atom is 0.0704 e. The van der Waals surface area contributed by atoms with Crippen molar-refractivity contribution in [3.8, 4) is 0 Å². The molecule has 2 aliphatic heterocycles. The second-order valence-corrected chi connectivity index (χ2v) is 4.95. The van der Waals surface area contributed by atoms with Gasteiger partial charge in [-0.05, 0) is 39.5 Å². The summed E-state index contributed by atoms with van der Waals surface area (Å²) >= 11 is 0. The van der Waals surface area contributed by atoms with E-state index < -0.39 is 0 Å². The normalized spacial score (nSPS) is 41.2. The van der Waals surface area contributed by atoms with Crippen LogP contribution in [0.4, 0.5) is 0 Å². The van der Waals surface area contributed by atoms with Crippen LogP contribution in [0.15, 0.2) is 0 Å². The Labute approximate surface area is 92.5 Å². The molecule has 88 valence electrons. The van der Waals surface area contributed by atoms with Crippen LogP contribution in [0.1, 0.15) is 39.5 Å². The zero-order valence-corrected chi connectivity index (χ0v) is 9.87. The van der Waals surface area contributed by atoms with Crippen LogP contribution >= 0.6 is 0 Å². The van der Waals surface area contributed by atoms with E-state index in [1.807, 2.05) is 0 Å². The summed E-state index contributed by atoms with van der Waals surface area (Å²) in [4.78, 5) is 0. The Balaban J connectivity index is 1.55. The fourth-order valence-corrected chi connectivity index (χ4v) is 2.48. The molecular formula is C12H23NO2. The number of nitrogens with one attached hydrogen (secondary N) is 1. The fraction of sp³-hybridized carbons (Fsp3) is 1.00. The zero-order valence-electron chi connectivity index (χ0n) is 9.87. The fourth-order valence-electron chi connectivity index (χ4n) is 2.48. The van der Waals surface area contributed by atoms with Crippen LogP contribution in [0.5, 0.6) is 0 Å². The first kappa shape index (κ1) is 11.4. The predicted molar refractivity (Wildman–Crippen MR) is 60.0 cm³/mol. The van der Waals surface area contributed by atoms with E-state index in [4.69, 9.17) is 9.47 Å². The van der Waals surface area contributed by atoms with Gasteiger partial charge in [0.2, 0.25) is 0 Å². The van der Waals surface area contributed by atoms with Gasteiger partial charge < -0.3 is 14.8 Å². The molecule has 0 aromatic rings. The summed E-state index contributed by atoms with van der Waals surface area (Å²) in [6, 6.07) is 0. The zero-order chi connectivity index (χ0) is 10.7. The highest BCUT2D eigenvalue weighted by atomic mass is 16.5. The quantitative estimate of drug-likeness (QED) is 0.771. The highest BCUT2D eigenvalue weighted by Gasteiger charge is 2.23. The molecule has 0 radical (unpaired) electrons. The Morgan fingerprint density at radius 3 is 1.67 bits per heavy atom. The molecule has 4 atom stereocenters. The highest BCUT2D eigenvalue weighted by Crippen LogP contribution is 2.20. The van der Waals surface area contributed by atoms with E-state index in [1.165, 1.54) is 25.7 Å². The summed E-state index contributed by atoms with van der Waals surface area (Å²) in [5, 5.41) is 3.46. The molecule has 0 amide bonds. The van der Waals surface area contributed by atoms with Crippen LogP contribution in [-0.2, 0) is 9.47 Å². The Morgan fingerprint density at radius 1 is 0.867 bits per heavy atom. The van der Waals surface area contributed by atoms with E-state index in [9.17, 15) is 0 Å². The van der Waals surface area contributed by atoms with Crippen LogP contribution in [0.2, 0.25) is 0 Å². The Morgan fingerprint density at radius 2 is 1.33 bits per heavy atom. The van der Waals surface area contributed by atoms with Gasteiger partial charge in [0.25, 0.3) is 0 Å². The number of hydrogen-bond acceptors (Lipinski definition) is 3. The van der Waals surface area contributed by atoms with Gasteiger partial charge in [-0.15, -0.1) is 0 Å². The number of rotatable bonds is 4. The molecule has 0 spiro atoms. The predicted octanol–water partition coefficient (Wildman–Crippen LogP) is 1.71. The number of hydrogen-bond donors (Lipinski definition) is 1. The average molecular weight is 213 g/mol. The van der Waals surface area contributed by atoms with E-state index in [2.05, 4.69) is 19.2 Å². The van der Waals surface area contributed by atoms with Crippen molar-refractivity contribution in [1.82, 2.24) is 5.32 Å². The SMILES string of the molecule is CC1CCC(CNCC2CCC(C)O2)O1. The van der Waals surface area contributed by atoms with Gasteiger partial charge in [0.15, 0.2) is 0 Å². The molecule has 2 aliphatic rings. The van der Waals surface area contributed by atoms with Crippen LogP contribution in [0.3, 0.4) is 0 Å². The van der Waals surface area contributed by atoms with Crippen molar-refractivity contribution >= 4 is 0 Å². The summed E-state index contributed by atoms with van der Waals surface area (Å²) in [5.74, 6) is 0. The minimum Gasteiger partial charge on any atom is -0.374 e. The lowest BCUT2D eigenvalue weighted by molar-refractivity contribution is 0.0411. The second kappa shape index (κ2) is 5.28. The largest absolute Gasteiger partial charge is 0.374 e. The van der Waals surface area contributed by atoms with Gasteiger partial charge in [-0.3, -0.25) is 0 Å². The first-order valence-corrected chi connectivity index (χ1v) is 6.25. The van der Waals surface area contributed by atoms with Gasteiger partial charge in [-0.2, -0.15) is 0 Å². The second-order valence-electron chi connectivity index (χ2n) is 4.95. The molecule has 3 nitrogen and oxygen atoms in total. The van der Waals surface area contributed by atoms with Crippen LogP contribution in [-0.4, -0.2) is 37.5 Å². The Bertz CT molecular complexity index is 178. The van der Waals surface area contributed by atoms with E-state index in [0.29, 0.717) is 24.4 Å². The van der Waals surface area contributed by atoms with E-state index in [0.717, 1.165) is 13.1 Å². The Hall–Kier alpha value is -0.120. The van der Waals surface area contributed by atoms with Crippen molar-refractivity contribution in [3.63, 3.8) is 0 Å². The standard InChI is InChI=1S/C12H23NO2/c1-9-3-5-11(14-9)7-13-8-12-6-4-10(2)15-12/h9-13H,3-8H2,1-2H3. The maximum atomic E-state index is 5.74. The van der Waals surface area contributed by atoms with Gasteiger partial charge in [-0.1, -0.05) is 0 Å². The molecule has 0 bridgehead atoms. The summed E-state index contributed by atoms with van der Waals surface area (Å²) < 4.78 is 11.5. The molecule has 2 heterocycles. The third kappa shape index (κ3) is 3.44. The molecule has 3 heteroatoms. The molecule has 0 aromatic heterocycles. The molecule has 2 fully saturated rings. The summed E-state index contributed by atoms with van der Waals surface area (Å²) in [5.41, 5.74) is 0. The summed E-state index contributed by atoms with van der Waals surface area (Å²) in [6.45, 7) is 6.28. The van der Waals surface area contributed by atoms with E-state index in [-0.39, 0.29) is 0 Å². The lowest BCUT2D eigenvalue weighted by Crippen LogP contribution is -2.33. The molecule has 1 N–H and O–H groups in total. The number of ether oxygens (including phenoxy) is 2. The van der Waals surface area contributed by atoms with Crippen molar-refractivity contribution in [2.24, 2.45) is 0 Å². The van der Waals surface area contributed by atoms with Gasteiger partial charge in [0.1, 0.15) is 0 Å². The maximum absolute atomic E-state index is 5.74.